The molecular formula is C12H15ClN2O3S. The van der Waals surface area contributed by atoms with Crippen LogP contribution in [0, 0.1) is 5.92 Å². The van der Waals surface area contributed by atoms with E-state index in [4.69, 9.17) is 17.3 Å². The van der Waals surface area contributed by atoms with Gasteiger partial charge in [-0.15, -0.1) is 0 Å². The van der Waals surface area contributed by atoms with Crippen LogP contribution in [0.15, 0.2) is 29.2 Å². The van der Waals surface area contributed by atoms with Gasteiger partial charge in [-0.3, -0.25) is 4.79 Å². The van der Waals surface area contributed by atoms with Crippen molar-refractivity contribution in [3.63, 3.8) is 0 Å². The lowest BCUT2D eigenvalue weighted by atomic mass is 9.98. The van der Waals surface area contributed by atoms with Crippen LogP contribution in [0.4, 0.5) is 0 Å². The Balaban J connectivity index is 2.19. The predicted molar refractivity (Wildman–Crippen MR) is 72.1 cm³/mol. The minimum Gasteiger partial charge on any atom is -0.369 e. The van der Waals surface area contributed by atoms with E-state index in [0.717, 1.165) is 0 Å². The zero-order valence-electron chi connectivity index (χ0n) is 10.3. The molecule has 0 unspecified atom stereocenters. The van der Waals surface area contributed by atoms with Crippen molar-refractivity contribution < 1.29 is 13.2 Å². The molecule has 1 heterocycles. The number of piperidine rings is 1. The molecule has 0 spiro atoms. The third-order valence-electron chi connectivity index (χ3n) is 3.31. The average molecular weight is 303 g/mol. The van der Waals surface area contributed by atoms with Crippen LogP contribution < -0.4 is 5.73 Å². The van der Waals surface area contributed by atoms with E-state index in [9.17, 15) is 13.2 Å². The maximum absolute atomic E-state index is 12.4. The molecule has 1 saturated heterocycles. The number of hydrogen-bond acceptors (Lipinski definition) is 3. The van der Waals surface area contributed by atoms with Gasteiger partial charge in [-0.1, -0.05) is 23.7 Å². The molecule has 7 heteroatoms. The molecule has 5 nitrogen and oxygen atoms in total. The molecule has 0 radical (unpaired) electrons. The molecule has 2 rings (SSSR count). The van der Waals surface area contributed by atoms with Crippen LogP contribution in [-0.4, -0.2) is 31.7 Å². The van der Waals surface area contributed by atoms with Gasteiger partial charge in [0.1, 0.15) is 4.90 Å². The molecule has 0 aromatic heterocycles. The van der Waals surface area contributed by atoms with E-state index in [1.54, 1.807) is 18.2 Å². The van der Waals surface area contributed by atoms with E-state index < -0.39 is 10.0 Å². The SMILES string of the molecule is NC(=O)C1CCN(S(=O)(=O)c2ccccc2Cl)CC1. The molecule has 1 aliphatic rings. The first kappa shape index (κ1) is 14.3. The monoisotopic (exact) mass is 302 g/mol. The van der Waals surface area contributed by atoms with Crippen LogP contribution in [-0.2, 0) is 14.8 Å². The first-order chi connectivity index (χ1) is 8.93. The van der Waals surface area contributed by atoms with Gasteiger partial charge in [0.25, 0.3) is 0 Å². The van der Waals surface area contributed by atoms with Crippen molar-refractivity contribution in [3.05, 3.63) is 29.3 Å². The molecule has 19 heavy (non-hydrogen) atoms. The second-order valence-electron chi connectivity index (χ2n) is 4.51. The van der Waals surface area contributed by atoms with E-state index >= 15 is 0 Å². The van der Waals surface area contributed by atoms with Gasteiger partial charge in [0, 0.05) is 19.0 Å². The van der Waals surface area contributed by atoms with Crippen LogP contribution >= 0.6 is 11.6 Å². The molecule has 1 aromatic carbocycles. The molecule has 104 valence electrons. The Morgan fingerprint density at radius 1 is 1.26 bits per heavy atom. The highest BCUT2D eigenvalue weighted by molar-refractivity contribution is 7.89. The maximum Gasteiger partial charge on any atom is 0.244 e. The first-order valence-electron chi connectivity index (χ1n) is 5.97. The molecule has 2 N–H and O–H groups in total. The molecule has 1 fully saturated rings. The van der Waals surface area contributed by atoms with Crippen LogP contribution in [0.25, 0.3) is 0 Å². The summed E-state index contributed by atoms with van der Waals surface area (Å²) in [5.41, 5.74) is 5.23. The summed E-state index contributed by atoms with van der Waals surface area (Å²) in [6, 6.07) is 6.35. The largest absolute Gasteiger partial charge is 0.369 e. The van der Waals surface area contributed by atoms with Gasteiger partial charge < -0.3 is 5.73 Å². The summed E-state index contributed by atoms with van der Waals surface area (Å²) < 4.78 is 26.2. The Bertz CT molecular complexity index is 580. The fourth-order valence-electron chi connectivity index (χ4n) is 2.17. The Hall–Kier alpha value is -1.11. The zero-order valence-corrected chi connectivity index (χ0v) is 11.8. The quantitative estimate of drug-likeness (QED) is 0.912. The van der Waals surface area contributed by atoms with Crippen molar-refractivity contribution >= 4 is 27.5 Å². The maximum atomic E-state index is 12.4. The van der Waals surface area contributed by atoms with E-state index in [1.165, 1.54) is 10.4 Å². The van der Waals surface area contributed by atoms with Crippen LogP contribution in [0.5, 0.6) is 0 Å². The molecule has 1 aliphatic heterocycles. The summed E-state index contributed by atoms with van der Waals surface area (Å²) >= 11 is 5.93. The molecule has 1 aromatic rings. The lowest BCUT2D eigenvalue weighted by Crippen LogP contribution is -2.41. The fourth-order valence-corrected chi connectivity index (χ4v) is 4.14. The molecule has 1 amide bonds. The Morgan fingerprint density at radius 2 is 1.84 bits per heavy atom. The number of amides is 1. The summed E-state index contributed by atoms with van der Waals surface area (Å²) in [7, 11) is -3.59. The van der Waals surface area contributed by atoms with Crippen molar-refractivity contribution in [3.8, 4) is 0 Å². The third-order valence-corrected chi connectivity index (χ3v) is 5.71. The number of rotatable bonds is 3. The third kappa shape index (κ3) is 2.91. The van der Waals surface area contributed by atoms with E-state index in [2.05, 4.69) is 0 Å². The Labute approximate surface area is 117 Å². The van der Waals surface area contributed by atoms with E-state index in [0.29, 0.717) is 25.9 Å². The van der Waals surface area contributed by atoms with E-state index in [1.807, 2.05) is 0 Å². The Kier molecular flexibility index (Phi) is 4.13. The standard InChI is InChI=1S/C12H15ClN2O3S/c13-10-3-1-2-4-11(10)19(17,18)15-7-5-9(6-8-15)12(14)16/h1-4,9H,5-8H2,(H2,14,16). The number of nitrogens with zero attached hydrogens (tertiary/aromatic N) is 1. The predicted octanol–water partition coefficient (Wildman–Crippen LogP) is 1.23. The summed E-state index contributed by atoms with van der Waals surface area (Å²) in [6.07, 6.45) is 0.915. The zero-order chi connectivity index (χ0) is 14.0. The highest BCUT2D eigenvalue weighted by atomic mass is 35.5. The first-order valence-corrected chi connectivity index (χ1v) is 7.78. The smallest absolute Gasteiger partial charge is 0.244 e. The van der Waals surface area contributed by atoms with Gasteiger partial charge in [-0.05, 0) is 25.0 Å². The highest BCUT2D eigenvalue weighted by Gasteiger charge is 2.32. The summed E-state index contributed by atoms with van der Waals surface area (Å²) in [6.45, 7) is 0.586. The second kappa shape index (κ2) is 5.48. The normalized spacial score (nSPS) is 18.4. The number of carbonyl (C=O) groups excluding carboxylic acids is 1. The molecule has 0 aliphatic carbocycles. The molecule has 0 atom stereocenters. The van der Waals surface area contributed by atoms with Crippen molar-refractivity contribution in [1.29, 1.82) is 0 Å². The Morgan fingerprint density at radius 3 is 2.37 bits per heavy atom. The van der Waals surface area contributed by atoms with Crippen LogP contribution in [0.2, 0.25) is 5.02 Å². The summed E-state index contributed by atoms with van der Waals surface area (Å²) in [5.74, 6) is -0.604. The topological polar surface area (TPSA) is 80.5 Å². The molecule has 0 bridgehead atoms. The number of benzene rings is 1. The van der Waals surface area contributed by atoms with Crippen molar-refractivity contribution in [2.45, 2.75) is 17.7 Å². The van der Waals surface area contributed by atoms with Gasteiger partial charge in [0.05, 0.1) is 5.02 Å². The molecule has 0 saturated carbocycles. The second-order valence-corrected chi connectivity index (χ2v) is 6.82. The number of nitrogens with two attached hydrogens (primary N) is 1. The van der Waals surface area contributed by atoms with Crippen LogP contribution in [0.3, 0.4) is 0 Å². The van der Waals surface area contributed by atoms with Crippen molar-refractivity contribution in [1.82, 2.24) is 4.31 Å². The lowest BCUT2D eigenvalue weighted by molar-refractivity contribution is -0.122. The van der Waals surface area contributed by atoms with E-state index in [-0.39, 0.29) is 21.7 Å². The lowest BCUT2D eigenvalue weighted by Gasteiger charge is -2.29. The highest BCUT2D eigenvalue weighted by Crippen LogP contribution is 2.27. The summed E-state index contributed by atoms with van der Waals surface area (Å²) in [4.78, 5) is 11.2. The number of carbonyl (C=O) groups is 1. The van der Waals surface area contributed by atoms with Crippen LogP contribution in [0.1, 0.15) is 12.8 Å². The fraction of sp³-hybridized carbons (Fsp3) is 0.417. The number of primary amides is 1. The van der Waals surface area contributed by atoms with Crippen molar-refractivity contribution in [2.24, 2.45) is 11.7 Å². The minimum absolute atomic E-state index is 0.106. The van der Waals surface area contributed by atoms with Crippen molar-refractivity contribution in [2.75, 3.05) is 13.1 Å². The van der Waals surface area contributed by atoms with Gasteiger partial charge in [0.2, 0.25) is 15.9 Å². The average Bonchev–Trinajstić information content (AvgIpc) is 2.39. The minimum atomic E-state index is -3.59. The number of hydrogen-bond donors (Lipinski definition) is 1. The number of sulfonamides is 1. The van der Waals surface area contributed by atoms with Gasteiger partial charge in [0.15, 0.2) is 0 Å². The molecular weight excluding hydrogens is 288 g/mol. The van der Waals surface area contributed by atoms with Gasteiger partial charge in [-0.2, -0.15) is 4.31 Å². The van der Waals surface area contributed by atoms with Gasteiger partial charge >= 0.3 is 0 Å². The van der Waals surface area contributed by atoms with Gasteiger partial charge in [-0.25, -0.2) is 8.42 Å². The number of halogens is 1. The summed E-state index contributed by atoms with van der Waals surface area (Å²) in [5, 5.41) is 0.208.